The summed E-state index contributed by atoms with van der Waals surface area (Å²) in [4.78, 5) is 4.46. The summed E-state index contributed by atoms with van der Waals surface area (Å²) >= 11 is 0. The van der Waals surface area contributed by atoms with Crippen molar-refractivity contribution in [3.8, 4) is 0 Å². The minimum absolute atomic E-state index is 0.0390. The average molecular weight is 275 g/mol. The summed E-state index contributed by atoms with van der Waals surface area (Å²) < 4.78 is 10.7. The standard InChI is InChI=1S/C13H29N3O3/c1-10(2)14-13(15-11(3)4)16-12(5)19-9-8-18-7-6-17/h10-12,17H,6-9H2,1-5H3,(H2,14,15,16). The maximum absolute atomic E-state index is 8.56. The first-order valence-electron chi connectivity index (χ1n) is 6.86. The highest BCUT2D eigenvalue weighted by atomic mass is 16.5. The molecule has 0 amide bonds. The Morgan fingerprint density at radius 1 is 1.05 bits per heavy atom. The van der Waals surface area contributed by atoms with Crippen LogP contribution in [0.5, 0.6) is 0 Å². The molecule has 0 aromatic carbocycles. The molecule has 0 saturated heterocycles. The summed E-state index contributed by atoms with van der Waals surface area (Å²) in [5, 5.41) is 15.0. The molecule has 114 valence electrons. The van der Waals surface area contributed by atoms with Gasteiger partial charge in [-0.1, -0.05) is 0 Å². The number of hydrogen-bond donors (Lipinski definition) is 3. The molecule has 6 nitrogen and oxygen atoms in total. The van der Waals surface area contributed by atoms with Crippen molar-refractivity contribution in [3.63, 3.8) is 0 Å². The van der Waals surface area contributed by atoms with Gasteiger partial charge in [-0.15, -0.1) is 0 Å². The molecule has 0 aromatic rings. The Morgan fingerprint density at radius 3 is 2.26 bits per heavy atom. The van der Waals surface area contributed by atoms with Crippen molar-refractivity contribution in [1.29, 1.82) is 0 Å². The van der Waals surface area contributed by atoms with E-state index in [4.69, 9.17) is 14.6 Å². The molecule has 0 heterocycles. The summed E-state index contributed by atoms with van der Waals surface area (Å²) in [7, 11) is 0. The summed E-state index contributed by atoms with van der Waals surface area (Å²) in [6, 6.07) is 0.527. The number of hydrogen-bond acceptors (Lipinski definition) is 4. The van der Waals surface area contributed by atoms with Gasteiger partial charge in [-0.3, -0.25) is 4.99 Å². The Bertz CT molecular complexity index is 245. The summed E-state index contributed by atoms with van der Waals surface area (Å²) in [5.41, 5.74) is 0. The number of guanidine groups is 1. The molecule has 0 fully saturated rings. The highest BCUT2D eigenvalue weighted by Crippen LogP contribution is 1.91. The van der Waals surface area contributed by atoms with Crippen LogP contribution in [-0.4, -0.2) is 55.8 Å². The monoisotopic (exact) mass is 275 g/mol. The smallest absolute Gasteiger partial charge is 0.193 e. The molecule has 0 spiro atoms. The van der Waals surface area contributed by atoms with Gasteiger partial charge in [-0.05, 0) is 34.6 Å². The average Bonchev–Trinajstić information content (AvgIpc) is 2.26. The number of aliphatic hydroxyl groups is 1. The molecule has 0 saturated carbocycles. The lowest BCUT2D eigenvalue weighted by atomic mass is 10.4. The second-order valence-corrected chi connectivity index (χ2v) is 4.86. The second-order valence-electron chi connectivity index (χ2n) is 4.86. The fraction of sp³-hybridized carbons (Fsp3) is 0.923. The topological polar surface area (TPSA) is 75.1 Å². The van der Waals surface area contributed by atoms with Crippen molar-refractivity contribution >= 4 is 5.96 Å². The van der Waals surface area contributed by atoms with Gasteiger partial charge < -0.3 is 25.2 Å². The Hall–Kier alpha value is -0.850. The van der Waals surface area contributed by atoms with Crippen molar-refractivity contribution in [2.75, 3.05) is 26.4 Å². The number of nitrogens with zero attached hydrogens (tertiary/aromatic N) is 1. The van der Waals surface area contributed by atoms with Crippen LogP contribution in [0, 0.1) is 0 Å². The summed E-state index contributed by atoms with van der Waals surface area (Å²) in [6.07, 6.45) is -0.151. The third-order valence-electron chi connectivity index (χ3n) is 1.98. The van der Waals surface area contributed by atoms with E-state index >= 15 is 0 Å². The molecule has 3 N–H and O–H groups in total. The fourth-order valence-corrected chi connectivity index (χ4v) is 1.33. The zero-order valence-corrected chi connectivity index (χ0v) is 12.8. The van der Waals surface area contributed by atoms with Crippen molar-refractivity contribution in [1.82, 2.24) is 10.6 Å². The fourth-order valence-electron chi connectivity index (χ4n) is 1.33. The van der Waals surface area contributed by atoms with Crippen molar-refractivity contribution < 1.29 is 14.6 Å². The Balaban J connectivity index is 3.99. The van der Waals surface area contributed by atoms with Crippen molar-refractivity contribution in [3.05, 3.63) is 0 Å². The number of rotatable bonds is 9. The van der Waals surface area contributed by atoms with Gasteiger partial charge in [0.2, 0.25) is 0 Å². The molecule has 19 heavy (non-hydrogen) atoms. The van der Waals surface area contributed by atoms with Crippen LogP contribution in [0.1, 0.15) is 34.6 Å². The van der Waals surface area contributed by atoms with E-state index in [1.807, 2.05) is 20.8 Å². The minimum Gasteiger partial charge on any atom is -0.394 e. The Labute approximate surface area is 116 Å². The Morgan fingerprint density at radius 2 is 1.74 bits per heavy atom. The van der Waals surface area contributed by atoms with Crippen LogP contribution in [0.25, 0.3) is 0 Å². The maximum Gasteiger partial charge on any atom is 0.193 e. The molecule has 0 aliphatic heterocycles. The molecule has 0 aliphatic carbocycles. The normalized spacial score (nSPS) is 14.0. The zero-order chi connectivity index (χ0) is 14.7. The van der Waals surface area contributed by atoms with E-state index in [9.17, 15) is 0 Å². The van der Waals surface area contributed by atoms with Crippen LogP contribution in [0.4, 0.5) is 0 Å². The van der Waals surface area contributed by atoms with Gasteiger partial charge in [-0.25, -0.2) is 0 Å². The van der Waals surface area contributed by atoms with Crippen LogP contribution in [-0.2, 0) is 9.47 Å². The molecular weight excluding hydrogens is 246 g/mol. The van der Waals surface area contributed by atoms with Crippen LogP contribution in [0.2, 0.25) is 0 Å². The third-order valence-corrected chi connectivity index (χ3v) is 1.98. The first-order chi connectivity index (χ1) is 8.95. The Kier molecular flexibility index (Phi) is 10.5. The van der Waals surface area contributed by atoms with Gasteiger partial charge in [-0.2, -0.15) is 0 Å². The van der Waals surface area contributed by atoms with Crippen LogP contribution >= 0.6 is 0 Å². The number of ether oxygens (including phenoxy) is 2. The number of nitrogens with one attached hydrogen (secondary N) is 2. The SMILES string of the molecule is CC(C)N=C(NC(C)C)NC(C)OCCOCCO. The highest BCUT2D eigenvalue weighted by Gasteiger charge is 2.07. The molecule has 0 bridgehead atoms. The molecule has 6 heteroatoms. The van der Waals surface area contributed by atoms with Crippen LogP contribution in [0.15, 0.2) is 4.99 Å². The van der Waals surface area contributed by atoms with Crippen LogP contribution in [0.3, 0.4) is 0 Å². The quantitative estimate of drug-likeness (QED) is 0.250. The van der Waals surface area contributed by atoms with E-state index < -0.39 is 0 Å². The van der Waals surface area contributed by atoms with E-state index in [2.05, 4.69) is 29.5 Å². The van der Waals surface area contributed by atoms with Crippen LogP contribution < -0.4 is 10.6 Å². The van der Waals surface area contributed by atoms with E-state index in [0.29, 0.717) is 25.9 Å². The first kappa shape index (κ1) is 18.1. The molecule has 0 aliphatic rings. The lowest BCUT2D eigenvalue weighted by molar-refractivity contribution is -0.00115. The lowest BCUT2D eigenvalue weighted by Crippen LogP contribution is -2.46. The molecule has 0 rings (SSSR count). The zero-order valence-electron chi connectivity index (χ0n) is 12.8. The van der Waals surface area contributed by atoms with E-state index in [1.165, 1.54) is 0 Å². The van der Waals surface area contributed by atoms with Gasteiger partial charge >= 0.3 is 0 Å². The predicted molar refractivity (Wildman–Crippen MR) is 77.3 cm³/mol. The van der Waals surface area contributed by atoms with Gasteiger partial charge in [0.15, 0.2) is 5.96 Å². The summed E-state index contributed by atoms with van der Waals surface area (Å²) in [5.74, 6) is 0.744. The molecular formula is C13H29N3O3. The predicted octanol–water partition coefficient (Wildman–Crippen LogP) is 0.710. The van der Waals surface area contributed by atoms with Gasteiger partial charge in [0.1, 0.15) is 6.23 Å². The molecule has 0 radical (unpaired) electrons. The number of aliphatic imine (C=N–C) groups is 1. The maximum atomic E-state index is 8.56. The molecule has 1 unspecified atom stereocenters. The summed E-state index contributed by atoms with van der Waals surface area (Å²) in [6.45, 7) is 11.4. The third kappa shape index (κ3) is 11.9. The molecule has 0 aromatic heterocycles. The van der Waals surface area contributed by atoms with E-state index in [-0.39, 0.29) is 18.9 Å². The van der Waals surface area contributed by atoms with E-state index in [1.54, 1.807) is 0 Å². The van der Waals surface area contributed by atoms with Crippen molar-refractivity contribution in [2.45, 2.75) is 52.9 Å². The van der Waals surface area contributed by atoms with Gasteiger partial charge in [0.05, 0.1) is 26.4 Å². The first-order valence-corrected chi connectivity index (χ1v) is 6.86. The second kappa shape index (κ2) is 11.0. The molecule has 1 atom stereocenters. The largest absolute Gasteiger partial charge is 0.394 e. The lowest BCUT2D eigenvalue weighted by Gasteiger charge is -2.21. The minimum atomic E-state index is -0.151. The van der Waals surface area contributed by atoms with E-state index in [0.717, 1.165) is 5.96 Å². The van der Waals surface area contributed by atoms with Crippen molar-refractivity contribution in [2.24, 2.45) is 4.99 Å². The number of aliphatic hydroxyl groups excluding tert-OH is 1. The van der Waals surface area contributed by atoms with Gasteiger partial charge in [0.25, 0.3) is 0 Å². The highest BCUT2D eigenvalue weighted by molar-refractivity contribution is 5.80. The van der Waals surface area contributed by atoms with Gasteiger partial charge in [0, 0.05) is 12.1 Å².